The van der Waals surface area contributed by atoms with Gasteiger partial charge in [-0.2, -0.15) is 0 Å². The third-order valence-electron chi connectivity index (χ3n) is 3.56. The minimum absolute atomic E-state index is 0.0887. The number of carbonyl (C=O) groups excluding carboxylic acids is 1. The molecule has 108 valence electrons. The molecule has 5 heteroatoms. The maximum absolute atomic E-state index is 14.4. The molecule has 0 bridgehead atoms. The highest BCUT2D eigenvalue weighted by molar-refractivity contribution is 6.03. The molecule has 21 heavy (non-hydrogen) atoms. The van der Waals surface area contributed by atoms with Crippen LogP contribution in [0.15, 0.2) is 42.5 Å². The Morgan fingerprint density at radius 2 is 2.00 bits per heavy atom. The largest absolute Gasteiger partial charge is 0.328 e. The number of benzene rings is 2. The first-order valence-electron chi connectivity index (χ1n) is 6.77. The van der Waals surface area contributed by atoms with Crippen LogP contribution in [-0.4, -0.2) is 12.5 Å². The number of amides is 1. The summed E-state index contributed by atoms with van der Waals surface area (Å²) in [5.41, 5.74) is 8.34. The lowest BCUT2D eigenvalue weighted by Gasteiger charge is -2.31. The van der Waals surface area contributed by atoms with Crippen molar-refractivity contribution in [3.63, 3.8) is 0 Å². The molecule has 1 aliphatic heterocycles. The van der Waals surface area contributed by atoms with Crippen molar-refractivity contribution in [2.75, 3.05) is 16.8 Å². The SMILES string of the molecule is CC(N)c1ccc(N2CC(=O)Nc3ccccc32)c(F)c1. The molecular formula is C16H16FN3O. The molecule has 1 unspecified atom stereocenters. The predicted molar refractivity (Wildman–Crippen MR) is 81.1 cm³/mol. The third-order valence-corrected chi connectivity index (χ3v) is 3.56. The average Bonchev–Trinajstić information content (AvgIpc) is 2.46. The number of rotatable bonds is 2. The van der Waals surface area contributed by atoms with Crippen molar-refractivity contribution in [1.82, 2.24) is 0 Å². The summed E-state index contributed by atoms with van der Waals surface area (Å²) in [6.45, 7) is 1.89. The van der Waals surface area contributed by atoms with Crippen molar-refractivity contribution in [1.29, 1.82) is 0 Å². The Morgan fingerprint density at radius 1 is 1.24 bits per heavy atom. The van der Waals surface area contributed by atoms with Gasteiger partial charge in [0.25, 0.3) is 0 Å². The van der Waals surface area contributed by atoms with E-state index in [1.54, 1.807) is 30.0 Å². The molecule has 0 aromatic heterocycles. The van der Waals surface area contributed by atoms with Gasteiger partial charge in [0.05, 0.1) is 17.1 Å². The predicted octanol–water partition coefficient (Wildman–Crippen LogP) is 2.94. The van der Waals surface area contributed by atoms with Gasteiger partial charge in [0.1, 0.15) is 12.4 Å². The van der Waals surface area contributed by atoms with E-state index >= 15 is 0 Å². The quantitative estimate of drug-likeness (QED) is 0.892. The molecule has 0 fully saturated rings. The Balaban J connectivity index is 2.07. The Morgan fingerprint density at radius 3 is 2.71 bits per heavy atom. The second kappa shape index (κ2) is 5.18. The molecule has 1 atom stereocenters. The van der Waals surface area contributed by atoms with Crippen molar-refractivity contribution >= 4 is 23.0 Å². The lowest BCUT2D eigenvalue weighted by Crippen LogP contribution is -2.35. The number of nitrogens with one attached hydrogen (secondary N) is 1. The van der Waals surface area contributed by atoms with Crippen LogP contribution in [-0.2, 0) is 4.79 Å². The molecule has 3 N–H and O–H groups in total. The first kappa shape index (κ1) is 13.6. The lowest BCUT2D eigenvalue weighted by atomic mass is 10.1. The Bertz CT molecular complexity index is 700. The molecule has 0 radical (unpaired) electrons. The summed E-state index contributed by atoms with van der Waals surface area (Å²) in [6.07, 6.45) is 0. The molecule has 0 aliphatic carbocycles. The number of halogens is 1. The summed E-state index contributed by atoms with van der Waals surface area (Å²) in [7, 11) is 0. The smallest absolute Gasteiger partial charge is 0.244 e. The lowest BCUT2D eigenvalue weighted by molar-refractivity contribution is -0.115. The topological polar surface area (TPSA) is 58.4 Å². The molecule has 2 aromatic rings. The van der Waals surface area contributed by atoms with Crippen LogP contribution < -0.4 is 16.0 Å². The number of hydrogen-bond acceptors (Lipinski definition) is 3. The van der Waals surface area contributed by atoms with Crippen LogP contribution >= 0.6 is 0 Å². The average molecular weight is 285 g/mol. The molecule has 4 nitrogen and oxygen atoms in total. The van der Waals surface area contributed by atoms with Crippen LogP contribution in [0.1, 0.15) is 18.5 Å². The monoisotopic (exact) mass is 285 g/mol. The standard InChI is InChI=1S/C16H16FN3O/c1-10(18)11-6-7-14(12(17)8-11)20-9-16(21)19-13-4-2-3-5-15(13)20/h2-8,10H,9,18H2,1H3,(H,19,21). The number of hydrogen-bond donors (Lipinski definition) is 2. The van der Waals surface area contributed by atoms with Crippen molar-refractivity contribution < 1.29 is 9.18 Å². The maximum atomic E-state index is 14.4. The number of nitrogens with zero attached hydrogens (tertiary/aromatic N) is 1. The van der Waals surface area contributed by atoms with Gasteiger partial charge in [-0.1, -0.05) is 18.2 Å². The summed E-state index contributed by atoms with van der Waals surface area (Å²) in [5, 5.41) is 2.79. The molecular weight excluding hydrogens is 269 g/mol. The van der Waals surface area contributed by atoms with Crippen LogP contribution in [0.5, 0.6) is 0 Å². The summed E-state index contributed by atoms with van der Waals surface area (Å²) < 4.78 is 14.4. The second-order valence-corrected chi connectivity index (χ2v) is 5.15. The van der Waals surface area contributed by atoms with Crippen molar-refractivity contribution in [2.24, 2.45) is 5.73 Å². The molecule has 1 aliphatic rings. The fourth-order valence-electron chi connectivity index (χ4n) is 2.47. The number of carbonyl (C=O) groups is 1. The number of anilines is 3. The fraction of sp³-hybridized carbons (Fsp3) is 0.188. The van der Waals surface area contributed by atoms with Gasteiger partial charge in [-0.15, -0.1) is 0 Å². The van der Waals surface area contributed by atoms with Crippen LogP contribution in [0.2, 0.25) is 0 Å². The second-order valence-electron chi connectivity index (χ2n) is 5.15. The zero-order valence-electron chi connectivity index (χ0n) is 11.6. The van der Waals surface area contributed by atoms with E-state index in [1.807, 2.05) is 18.2 Å². The minimum Gasteiger partial charge on any atom is -0.328 e. The van der Waals surface area contributed by atoms with Gasteiger partial charge in [0.15, 0.2) is 0 Å². The number of para-hydroxylation sites is 2. The van der Waals surface area contributed by atoms with Crippen LogP contribution in [0.4, 0.5) is 21.5 Å². The highest BCUT2D eigenvalue weighted by Crippen LogP contribution is 2.36. The van der Waals surface area contributed by atoms with E-state index in [2.05, 4.69) is 5.32 Å². The molecule has 0 saturated heterocycles. The van der Waals surface area contributed by atoms with Gasteiger partial charge in [0, 0.05) is 6.04 Å². The van der Waals surface area contributed by atoms with Crippen molar-refractivity contribution in [3.05, 3.63) is 53.8 Å². The van der Waals surface area contributed by atoms with E-state index < -0.39 is 0 Å². The van der Waals surface area contributed by atoms with Gasteiger partial charge in [-0.25, -0.2) is 4.39 Å². The molecule has 3 rings (SSSR count). The van der Waals surface area contributed by atoms with Gasteiger partial charge in [-0.3, -0.25) is 4.79 Å². The van der Waals surface area contributed by atoms with E-state index in [-0.39, 0.29) is 24.3 Å². The van der Waals surface area contributed by atoms with Crippen LogP contribution in [0.3, 0.4) is 0 Å². The maximum Gasteiger partial charge on any atom is 0.244 e. The zero-order valence-corrected chi connectivity index (χ0v) is 11.6. The van der Waals surface area contributed by atoms with E-state index in [1.165, 1.54) is 6.07 Å². The van der Waals surface area contributed by atoms with Gasteiger partial charge < -0.3 is 16.0 Å². The number of fused-ring (bicyclic) bond motifs is 1. The Hall–Kier alpha value is -2.40. The molecule has 2 aromatic carbocycles. The van der Waals surface area contributed by atoms with E-state index in [4.69, 9.17) is 5.73 Å². The van der Waals surface area contributed by atoms with Crippen molar-refractivity contribution in [2.45, 2.75) is 13.0 Å². The number of nitrogens with two attached hydrogens (primary N) is 1. The first-order valence-corrected chi connectivity index (χ1v) is 6.77. The Kier molecular flexibility index (Phi) is 3.35. The van der Waals surface area contributed by atoms with Crippen LogP contribution in [0.25, 0.3) is 0 Å². The molecule has 0 spiro atoms. The van der Waals surface area contributed by atoms with Crippen molar-refractivity contribution in [3.8, 4) is 0 Å². The van der Waals surface area contributed by atoms with Gasteiger partial charge >= 0.3 is 0 Å². The molecule has 1 amide bonds. The summed E-state index contributed by atoms with van der Waals surface area (Å²) in [4.78, 5) is 13.5. The third kappa shape index (κ3) is 2.48. The van der Waals surface area contributed by atoms with E-state index in [0.29, 0.717) is 11.4 Å². The van der Waals surface area contributed by atoms with E-state index in [9.17, 15) is 9.18 Å². The first-order chi connectivity index (χ1) is 10.1. The van der Waals surface area contributed by atoms with Gasteiger partial charge in [-0.05, 0) is 36.8 Å². The summed E-state index contributed by atoms with van der Waals surface area (Å²) in [5.74, 6) is -0.543. The fourth-order valence-corrected chi connectivity index (χ4v) is 2.47. The van der Waals surface area contributed by atoms with E-state index in [0.717, 1.165) is 11.3 Å². The Labute approximate surface area is 122 Å². The van der Waals surface area contributed by atoms with Gasteiger partial charge in [0.2, 0.25) is 5.91 Å². The minimum atomic E-state index is -0.380. The normalized spacial score (nSPS) is 15.4. The summed E-state index contributed by atoms with van der Waals surface area (Å²) >= 11 is 0. The molecule has 0 saturated carbocycles. The summed E-state index contributed by atoms with van der Waals surface area (Å²) in [6, 6.07) is 12.0. The van der Waals surface area contributed by atoms with Crippen LogP contribution in [0, 0.1) is 5.82 Å². The zero-order chi connectivity index (χ0) is 15.0. The highest BCUT2D eigenvalue weighted by atomic mass is 19.1. The molecule has 1 heterocycles. The highest BCUT2D eigenvalue weighted by Gasteiger charge is 2.24.